The highest BCUT2D eigenvalue weighted by atomic mass is 16.6. The van der Waals surface area contributed by atoms with Crippen molar-refractivity contribution in [1.82, 2.24) is 19.6 Å². The standard InChI is InChI=1S/C24H17N5O2/c30-29(31)21-13-11-19(12-14-21)27-17-22(18-7-3-1-4-8-18)24(26-27)23-15-16-25-28(23)20-9-5-2-6-10-20/h1-17H. The average Bonchev–Trinajstić information content (AvgIpc) is 3.48. The molecule has 0 aliphatic carbocycles. The summed E-state index contributed by atoms with van der Waals surface area (Å²) in [5.41, 5.74) is 5.30. The maximum atomic E-state index is 11.0. The highest BCUT2D eigenvalue weighted by Crippen LogP contribution is 2.33. The molecule has 2 heterocycles. The number of rotatable bonds is 5. The third kappa shape index (κ3) is 3.49. The summed E-state index contributed by atoms with van der Waals surface area (Å²) in [5.74, 6) is 0. The number of benzene rings is 3. The SMILES string of the molecule is O=[N+]([O-])c1ccc(-n2cc(-c3ccccc3)c(-c3ccnn3-c3ccccc3)n2)cc1. The van der Waals surface area contributed by atoms with Crippen molar-refractivity contribution in [3.8, 4) is 33.9 Å². The molecule has 0 saturated heterocycles. The Balaban J connectivity index is 1.67. The number of nitro benzene ring substituents is 1. The van der Waals surface area contributed by atoms with Gasteiger partial charge in [-0.2, -0.15) is 10.2 Å². The molecular weight excluding hydrogens is 390 g/mol. The molecule has 0 N–H and O–H groups in total. The van der Waals surface area contributed by atoms with Gasteiger partial charge in [-0.1, -0.05) is 48.5 Å². The van der Waals surface area contributed by atoms with Crippen molar-refractivity contribution in [2.75, 3.05) is 0 Å². The lowest BCUT2D eigenvalue weighted by atomic mass is 10.1. The minimum Gasteiger partial charge on any atom is -0.258 e. The summed E-state index contributed by atoms with van der Waals surface area (Å²) in [6.45, 7) is 0. The van der Waals surface area contributed by atoms with Crippen molar-refractivity contribution < 1.29 is 4.92 Å². The van der Waals surface area contributed by atoms with Crippen LogP contribution < -0.4 is 0 Å². The molecule has 0 unspecified atom stereocenters. The number of hydrogen-bond donors (Lipinski definition) is 0. The molecule has 7 heteroatoms. The second-order valence-corrected chi connectivity index (χ2v) is 6.94. The number of para-hydroxylation sites is 1. The van der Waals surface area contributed by atoms with Crippen LogP contribution in [0.4, 0.5) is 5.69 Å². The molecule has 0 spiro atoms. The maximum absolute atomic E-state index is 11.0. The molecule has 3 aromatic carbocycles. The minimum absolute atomic E-state index is 0.0431. The fraction of sp³-hybridized carbons (Fsp3) is 0. The van der Waals surface area contributed by atoms with Gasteiger partial charge in [0, 0.05) is 23.9 Å². The highest BCUT2D eigenvalue weighted by Gasteiger charge is 2.18. The van der Waals surface area contributed by atoms with Gasteiger partial charge in [-0.25, -0.2) is 9.36 Å². The molecule has 0 aliphatic rings. The smallest absolute Gasteiger partial charge is 0.258 e. The molecule has 5 aromatic rings. The number of non-ortho nitro benzene ring substituents is 1. The Labute approximate surface area is 178 Å². The van der Waals surface area contributed by atoms with Crippen molar-refractivity contribution in [2.24, 2.45) is 0 Å². The van der Waals surface area contributed by atoms with Crippen LogP contribution in [0, 0.1) is 10.1 Å². The Morgan fingerprint density at radius 2 is 1.45 bits per heavy atom. The summed E-state index contributed by atoms with van der Waals surface area (Å²) in [4.78, 5) is 10.6. The summed E-state index contributed by atoms with van der Waals surface area (Å²) in [6.07, 6.45) is 3.69. The highest BCUT2D eigenvalue weighted by molar-refractivity contribution is 5.80. The summed E-state index contributed by atoms with van der Waals surface area (Å²) >= 11 is 0. The first kappa shape index (κ1) is 18.5. The van der Waals surface area contributed by atoms with E-state index in [1.54, 1.807) is 23.0 Å². The van der Waals surface area contributed by atoms with Crippen LogP contribution in [0.5, 0.6) is 0 Å². The van der Waals surface area contributed by atoms with Crippen LogP contribution in [-0.2, 0) is 0 Å². The Morgan fingerprint density at radius 1 is 0.774 bits per heavy atom. The van der Waals surface area contributed by atoms with E-state index in [2.05, 4.69) is 5.10 Å². The zero-order chi connectivity index (χ0) is 21.2. The van der Waals surface area contributed by atoms with Gasteiger partial charge in [-0.05, 0) is 35.9 Å². The van der Waals surface area contributed by atoms with Gasteiger partial charge in [0.1, 0.15) is 5.69 Å². The Bertz CT molecular complexity index is 1340. The molecule has 0 saturated carbocycles. The van der Waals surface area contributed by atoms with E-state index < -0.39 is 4.92 Å². The van der Waals surface area contributed by atoms with E-state index in [0.717, 1.165) is 33.9 Å². The fourth-order valence-electron chi connectivity index (χ4n) is 3.51. The van der Waals surface area contributed by atoms with Crippen LogP contribution in [0.25, 0.3) is 33.9 Å². The van der Waals surface area contributed by atoms with E-state index in [9.17, 15) is 10.1 Å². The van der Waals surface area contributed by atoms with E-state index in [1.165, 1.54) is 12.1 Å². The molecule has 2 aromatic heterocycles. The molecule has 5 rings (SSSR count). The molecule has 7 nitrogen and oxygen atoms in total. The summed E-state index contributed by atoms with van der Waals surface area (Å²) < 4.78 is 3.60. The molecule has 31 heavy (non-hydrogen) atoms. The van der Waals surface area contributed by atoms with E-state index >= 15 is 0 Å². The first-order valence-corrected chi connectivity index (χ1v) is 9.70. The predicted molar refractivity (Wildman–Crippen MR) is 118 cm³/mol. The molecule has 0 aliphatic heterocycles. The lowest BCUT2D eigenvalue weighted by Gasteiger charge is -2.07. The van der Waals surface area contributed by atoms with Gasteiger partial charge in [0.15, 0.2) is 0 Å². The van der Waals surface area contributed by atoms with Gasteiger partial charge < -0.3 is 0 Å². The molecule has 150 valence electrons. The van der Waals surface area contributed by atoms with Crippen molar-refractivity contribution in [1.29, 1.82) is 0 Å². The largest absolute Gasteiger partial charge is 0.269 e. The van der Waals surface area contributed by atoms with Crippen LogP contribution in [0.15, 0.2) is 103 Å². The topological polar surface area (TPSA) is 78.8 Å². The van der Waals surface area contributed by atoms with Crippen molar-refractivity contribution in [2.45, 2.75) is 0 Å². The average molecular weight is 407 g/mol. The van der Waals surface area contributed by atoms with Gasteiger partial charge in [0.25, 0.3) is 5.69 Å². The number of hydrogen-bond acceptors (Lipinski definition) is 4. The molecule has 0 atom stereocenters. The summed E-state index contributed by atoms with van der Waals surface area (Å²) in [5, 5.41) is 20.3. The zero-order valence-electron chi connectivity index (χ0n) is 16.4. The molecule has 0 bridgehead atoms. The first-order valence-electron chi connectivity index (χ1n) is 9.70. The number of nitrogens with zero attached hydrogens (tertiary/aromatic N) is 5. The zero-order valence-corrected chi connectivity index (χ0v) is 16.4. The molecule has 0 amide bonds. The third-order valence-corrected chi connectivity index (χ3v) is 5.01. The van der Waals surface area contributed by atoms with Gasteiger partial charge in [0.05, 0.1) is 28.2 Å². The summed E-state index contributed by atoms with van der Waals surface area (Å²) in [7, 11) is 0. The second-order valence-electron chi connectivity index (χ2n) is 6.94. The minimum atomic E-state index is -0.411. The third-order valence-electron chi connectivity index (χ3n) is 5.01. The van der Waals surface area contributed by atoms with Crippen LogP contribution in [0.1, 0.15) is 0 Å². The lowest BCUT2D eigenvalue weighted by molar-refractivity contribution is -0.384. The Morgan fingerprint density at radius 3 is 2.13 bits per heavy atom. The quantitative estimate of drug-likeness (QED) is 0.292. The number of nitro groups is 1. The van der Waals surface area contributed by atoms with Crippen LogP contribution in [0.3, 0.4) is 0 Å². The van der Waals surface area contributed by atoms with Crippen LogP contribution in [0.2, 0.25) is 0 Å². The van der Waals surface area contributed by atoms with Gasteiger partial charge in [-0.3, -0.25) is 10.1 Å². The van der Waals surface area contributed by atoms with E-state index in [4.69, 9.17) is 5.10 Å². The number of aromatic nitrogens is 4. The van der Waals surface area contributed by atoms with Gasteiger partial charge in [0.2, 0.25) is 0 Å². The van der Waals surface area contributed by atoms with E-state index in [0.29, 0.717) is 0 Å². The van der Waals surface area contributed by atoms with Gasteiger partial charge in [-0.15, -0.1) is 0 Å². The molecule has 0 fully saturated rings. The lowest BCUT2D eigenvalue weighted by Crippen LogP contribution is -2.00. The van der Waals surface area contributed by atoms with Crippen LogP contribution >= 0.6 is 0 Å². The van der Waals surface area contributed by atoms with E-state index in [1.807, 2.05) is 77.6 Å². The fourth-order valence-corrected chi connectivity index (χ4v) is 3.51. The normalized spacial score (nSPS) is 10.8. The van der Waals surface area contributed by atoms with E-state index in [-0.39, 0.29) is 5.69 Å². The van der Waals surface area contributed by atoms with Crippen molar-refractivity contribution in [3.63, 3.8) is 0 Å². The molecule has 0 radical (unpaired) electrons. The predicted octanol–water partition coefficient (Wildman–Crippen LogP) is 5.30. The Hall–Kier alpha value is -4.52. The van der Waals surface area contributed by atoms with Crippen molar-refractivity contribution in [3.05, 3.63) is 114 Å². The maximum Gasteiger partial charge on any atom is 0.269 e. The monoisotopic (exact) mass is 407 g/mol. The summed E-state index contributed by atoms with van der Waals surface area (Å²) in [6, 6.07) is 28.2. The first-order chi connectivity index (χ1) is 15.2. The van der Waals surface area contributed by atoms with Gasteiger partial charge >= 0.3 is 0 Å². The second kappa shape index (κ2) is 7.72. The van der Waals surface area contributed by atoms with Crippen LogP contribution in [-0.4, -0.2) is 24.5 Å². The van der Waals surface area contributed by atoms with Crippen molar-refractivity contribution >= 4 is 5.69 Å². The Kier molecular flexibility index (Phi) is 4.61. The molecular formula is C24H17N5O2.